The molecule has 7 aliphatic rings. The number of likely N-dealkylation sites (tertiary alicyclic amines) is 1. The van der Waals surface area contributed by atoms with Crippen molar-refractivity contribution in [3.8, 4) is 0 Å². The van der Waals surface area contributed by atoms with Crippen molar-refractivity contribution >= 4 is 5.91 Å². The van der Waals surface area contributed by atoms with Crippen LogP contribution in [0.4, 0.5) is 13.2 Å². The summed E-state index contributed by atoms with van der Waals surface area (Å²) in [5, 5.41) is 0. The lowest BCUT2D eigenvalue weighted by atomic mass is 9.64. The molecule has 0 aromatic carbocycles. The van der Waals surface area contributed by atoms with Crippen molar-refractivity contribution in [1.29, 1.82) is 0 Å². The van der Waals surface area contributed by atoms with Gasteiger partial charge >= 0.3 is 6.18 Å². The smallest absolute Gasteiger partial charge is 0.380 e. The highest BCUT2D eigenvalue weighted by Gasteiger charge is 2.59. The SMILES string of the molecule is CN1CNNC1CC1(C2CCCC(N3CC4C(CC(CN5C6CCCC5CC6)CC4C(F)(F)F)C3=O)C2)COC1. The lowest BCUT2D eigenvalue weighted by molar-refractivity contribution is -0.204. The molecule has 7 rings (SSSR count). The number of nitrogens with zero attached hydrogens (tertiary/aromatic N) is 3. The lowest BCUT2D eigenvalue weighted by Gasteiger charge is -2.52. The zero-order valence-corrected chi connectivity index (χ0v) is 24.0. The van der Waals surface area contributed by atoms with Crippen molar-refractivity contribution < 1.29 is 22.7 Å². The number of nitrogens with one attached hydrogen (secondary N) is 2. The monoisotopic (exact) mass is 567 g/mol. The summed E-state index contributed by atoms with van der Waals surface area (Å²) in [5.41, 5.74) is 6.69. The predicted molar refractivity (Wildman–Crippen MR) is 145 cm³/mol. The zero-order valence-electron chi connectivity index (χ0n) is 24.0. The van der Waals surface area contributed by atoms with Gasteiger partial charge in [-0.1, -0.05) is 12.8 Å². The van der Waals surface area contributed by atoms with Crippen LogP contribution in [0.3, 0.4) is 0 Å². The van der Waals surface area contributed by atoms with Crippen molar-refractivity contribution in [2.75, 3.05) is 40.0 Å². The highest BCUT2D eigenvalue weighted by molar-refractivity contribution is 5.82. The number of carbonyl (C=O) groups excluding carboxylic acids is 1. The van der Waals surface area contributed by atoms with E-state index in [-0.39, 0.29) is 35.9 Å². The Balaban J connectivity index is 1.05. The van der Waals surface area contributed by atoms with E-state index < -0.39 is 23.9 Å². The van der Waals surface area contributed by atoms with E-state index in [1.54, 1.807) is 0 Å². The van der Waals surface area contributed by atoms with Crippen LogP contribution in [0.1, 0.15) is 77.0 Å². The number of piperidine rings is 1. The predicted octanol–water partition coefficient (Wildman–Crippen LogP) is 3.96. The van der Waals surface area contributed by atoms with Crippen LogP contribution in [0, 0.1) is 35.0 Å². The average Bonchev–Trinajstić information content (AvgIpc) is 3.52. The van der Waals surface area contributed by atoms with Gasteiger partial charge in [-0.05, 0) is 89.0 Å². The molecular formula is C30H48F3N5O2. The van der Waals surface area contributed by atoms with E-state index in [9.17, 15) is 18.0 Å². The molecule has 7 nitrogen and oxygen atoms in total. The van der Waals surface area contributed by atoms with E-state index in [1.165, 1.54) is 32.1 Å². The second kappa shape index (κ2) is 10.6. The molecule has 5 saturated heterocycles. The lowest BCUT2D eigenvalue weighted by Crippen LogP contribution is -2.56. The van der Waals surface area contributed by atoms with Gasteiger partial charge < -0.3 is 9.64 Å². The third-order valence-electron chi connectivity index (χ3n) is 12.4. The molecule has 2 bridgehead atoms. The maximum Gasteiger partial charge on any atom is 0.392 e. The van der Waals surface area contributed by atoms with Gasteiger partial charge in [-0.3, -0.25) is 14.6 Å². The summed E-state index contributed by atoms with van der Waals surface area (Å²) in [5.74, 6) is -1.96. The van der Waals surface area contributed by atoms with Gasteiger partial charge in [0.05, 0.1) is 32.0 Å². The first kappa shape index (κ1) is 27.9. The highest BCUT2D eigenvalue weighted by Crippen LogP contribution is 2.53. The number of fused-ring (bicyclic) bond motifs is 3. The summed E-state index contributed by atoms with van der Waals surface area (Å²) in [6.45, 7) is 3.34. The summed E-state index contributed by atoms with van der Waals surface area (Å²) >= 11 is 0. The molecule has 40 heavy (non-hydrogen) atoms. The molecule has 5 aliphatic heterocycles. The van der Waals surface area contributed by atoms with Crippen LogP contribution in [0.15, 0.2) is 0 Å². The van der Waals surface area contributed by atoms with E-state index >= 15 is 0 Å². The Morgan fingerprint density at radius 2 is 1.70 bits per heavy atom. The minimum atomic E-state index is -4.24. The Bertz CT molecular complexity index is 931. The highest BCUT2D eigenvalue weighted by atomic mass is 19.4. The molecule has 0 radical (unpaired) electrons. The molecule has 7 fully saturated rings. The number of ether oxygens (including phenoxy) is 1. The number of halogens is 3. The normalized spacial score (nSPS) is 44.1. The van der Waals surface area contributed by atoms with Gasteiger partial charge in [-0.25, -0.2) is 10.9 Å². The maximum absolute atomic E-state index is 14.5. The van der Waals surface area contributed by atoms with Crippen molar-refractivity contribution in [3.05, 3.63) is 0 Å². The number of hydrogen-bond acceptors (Lipinski definition) is 6. The van der Waals surface area contributed by atoms with Crippen molar-refractivity contribution in [2.24, 2.45) is 35.0 Å². The largest absolute Gasteiger partial charge is 0.392 e. The van der Waals surface area contributed by atoms with Gasteiger partial charge in [0, 0.05) is 42.5 Å². The van der Waals surface area contributed by atoms with E-state index in [1.807, 2.05) is 4.90 Å². The van der Waals surface area contributed by atoms with Crippen LogP contribution in [0.25, 0.3) is 0 Å². The topological polar surface area (TPSA) is 60.1 Å². The van der Waals surface area contributed by atoms with E-state index in [0.717, 1.165) is 58.5 Å². The van der Waals surface area contributed by atoms with Crippen LogP contribution in [0.5, 0.6) is 0 Å². The van der Waals surface area contributed by atoms with Crippen molar-refractivity contribution in [2.45, 2.75) is 108 Å². The Morgan fingerprint density at radius 3 is 2.35 bits per heavy atom. The molecule has 9 unspecified atom stereocenters. The van der Waals surface area contributed by atoms with Gasteiger partial charge in [-0.2, -0.15) is 13.2 Å². The average molecular weight is 568 g/mol. The second-order valence-electron chi connectivity index (χ2n) is 14.6. The molecule has 0 aromatic rings. The molecule has 9 atom stereocenters. The number of carbonyl (C=O) groups is 1. The number of alkyl halides is 3. The fourth-order valence-corrected chi connectivity index (χ4v) is 10.2. The van der Waals surface area contributed by atoms with Crippen LogP contribution >= 0.6 is 0 Å². The zero-order chi connectivity index (χ0) is 27.6. The van der Waals surface area contributed by atoms with E-state index in [2.05, 4.69) is 27.7 Å². The summed E-state index contributed by atoms with van der Waals surface area (Å²) < 4.78 is 49.3. The van der Waals surface area contributed by atoms with Crippen molar-refractivity contribution in [1.82, 2.24) is 25.6 Å². The van der Waals surface area contributed by atoms with E-state index in [0.29, 0.717) is 31.0 Å². The van der Waals surface area contributed by atoms with Gasteiger partial charge in [-0.15, -0.1) is 0 Å². The van der Waals surface area contributed by atoms with Gasteiger partial charge in [0.15, 0.2) is 0 Å². The summed E-state index contributed by atoms with van der Waals surface area (Å²) in [7, 11) is 2.11. The third-order valence-corrected chi connectivity index (χ3v) is 12.4. The Hall–Kier alpha value is -0.940. The first-order valence-electron chi connectivity index (χ1n) is 16.1. The Labute approximate surface area is 236 Å². The fraction of sp³-hybridized carbons (Fsp3) is 0.967. The second-order valence-corrected chi connectivity index (χ2v) is 14.6. The number of amides is 1. The molecule has 0 aromatic heterocycles. The minimum Gasteiger partial charge on any atom is -0.380 e. The molecular weight excluding hydrogens is 519 g/mol. The molecule has 226 valence electrons. The fourth-order valence-electron chi connectivity index (χ4n) is 10.2. The molecule has 2 saturated carbocycles. The van der Waals surface area contributed by atoms with Gasteiger partial charge in [0.1, 0.15) is 0 Å². The number of rotatable bonds is 6. The molecule has 10 heteroatoms. The Morgan fingerprint density at radius 1 is 0.975 bits per heavy atom. The summed E-state index contributed by atoms with van der Waals surface area (Å²) in [6, 6.07) is 1.16. The van der Waals surface area contributed by atoms with Crippen molar-refractivity contribution in [3.63, 3.8) is 0 Å². The van der Waals surface area contributed by atoms with Gasteiger partial charge in [0.2, 0.25) is 5.91 Å². The summed E-state index contributed by atoms with van der Waals surface area (Å²) in [6.07, 6.45) is 7.81. The minimum absolute atomic E-state index is 0.0246. The third kappa shape index (κ3) is 4.91. The molecule has 2 aliphatic carbocycles. The van der Waals surface area contributed by atoms with Crippen LogP contribution in [-0.4, -0.2) is 91.1 Å². The quantitative estimate of drug-likeness (QED) is 0.507. The maximum atomic E-state index is 14.5. The first-order valence-corrected chi connectivity index (χ1v) is 16.1. The van der Waals surface area contributed by atoms with Crippen LogP contribution < -0.4 is 10.9 Å². The Kier molecular flexibility index (Phi) is 7.42. The number of hydrazine groups is 1. The van der Waals surface area contributed by atoms with Gasteiger partial charge in [0.25, 0.3) is 0 Å². The first-order chi connectivity index (χ1) is 19.2. The molecule has 0 spiro atoms. The standard InChI is InChI=1S/C30H48F3N5O2/c1-36-18-34-35-27(36)13-29(16-40-17-29)20-4-2-7-23(12-20)38-15-25-24(28(38)39)10-19(11-26(25)30(31,32)33)14-37-21-5-3-6-22(37)9-8-21/h19-27,34-35H,2-18H2,1H3. The summed E-state index contributed by atoms with van der Waals surface area (Å²) in [4.78, 5) is 20.7. The molecule has 2 N–H and O–H groups in total. The van der Waals surface area contributed by atoms with E-state index in [4.69, 9.17) is 4.74 Å². The molecule has 1 amide bonds. The van der Waals surface area contributed by atoms with Crippen LogP contribution in [-0.2, 0) is 9.53 Å². The number of hydrogen-bond donors (Lipinski definition) is 2. The van der Waals surface area contributed by atoms with Crippen LogP contribution in [0.2, 0.25) is 0 Å². The molecule has 5 heterocycles.